The van der Waals surface area contributed by atoms with Crippen molar-refractivity contribution in [1.82, 2.24) is 9.99 Å². The van der Waals surface area contributed by atoms with E-state index in [4.69, 9.17) is 11.6 Å². The number of hydrogen-bond donors (Lipinski definition) is 2. The Bertz CT molecular complexity index is 284. The van der Waals surface area contributed by atoms with Crippen LogP contribution in [0.5, 0.6) is 0 Å². The molecule has 4 nitrogen and oxygen atoms in total. The van der Waals surface area contributed by atoms with Crippen LogP contribution in [-0.2, 0) is 13.1 Å². The Kier molecular flexibility index (Phi) is 1.30. The molecular weight excluding hydrogens is 140 g/mol. The number of aromatic nitrogens is 1. The third-order valence-corrected chi connectivity index (χ3v) is 1.81. The Morgan fingerprint density at radius 3 is 3.09 bits per heavy atom. The highest BCUT2D eigenvalue weighted by Gasteiger charge is 2.16. The summed E-state index contributed by atoms with van der Waals surface area (Å²) in [5.41, 5.74) is 8.45. The van der Waals surface area contributed by atoms with Crippen LogP contribution in [0.2, 0.25) is 0 Å². The van der Waals surface area contributed by atoms with E-state index in [1.807, 2.05) is 6.07 Å². The van der Waals surface area contributed by atoms with Crippen LogP contribution >= 0.6 is 0 Å². The molecule has 0 radical (unpaired) electrons. The SMILES string of the molecule is Nc1cnc2c(c1)CN(N)C2. The molecule has 0 aromatic carbocycles. The van der Waals surface area contributed by atoms with Crippen molar-refractivity contribution in [1.29, 1.82) is 0 Å². The van der Waals surface area contributed by atoms with Crippen LogP contribution in [0, 0.1) is 0 Å². The van der Waals surface area contributed by atoms with Crippen molar-refractivity contribution in [2.45, 2.75) is 13.1 Å². The number of nitrogens with zero attached hydrogens (tertiary/aromatic N) is 2. The number of nitrogen functional groups attached to an aromatic ring is 1. The Labute approximate surface area is 64.8 Å². The zero-order valence-electron chi connectivity index (χ0n) is 6.12. The highest BCUT2D eigenvalue weighted by molar-refractivity contribution is 5.41. The summed E-state index contributed by atoms with van der Waals surface area (Å²) in [6.07, 6.45) is 1.66. The molecule has 0 bridgehead atoms. The first-order chi connectivity index (χ1) is 5.25. The standard InChI is InChI=1S/C7H10N4/c8-6-1-5-3-11(9)4-7(5)10-2-6/h1-2H,3-4,8-9H2. The number of hydrazine groups is 1. The maximum absolute atomic E-state index is 5.59. The van der Waals surface area contributed by atoms with Gasteiger partial charge in [0.25, 0.3) is 0 Å². The summed E-state index contributed by atoms with van der Waals surface area (Å²) in [6.45, 7) is 1.49. The predicted molar refractivity (Wildman–Crippen MR) is 42.1 cm³/mol. The average Bonchev–Trinajstić information content (AvgIpc) is 2.27. The minimum Gasteiger partial charge on any atom is -0.397 e. The van der Waals surface area contributed by atoms with Crippen molar-refractivity contribution in [2.24, 2.45) is 5.84 Å². The fourth-order valence-corrected chi connectivity index (χ4v) is 1.30. The molecule has 0 spiro atoms. The second-order valence-electron chi connectivity index (χ2n) is 2.78. The van der Waals surface area contributed by atoms with Gasteiger partial charge >= 0.3 is 0 Å². The second-order valence-corrected chi connectivity index (χ2v) is 2.78. The van der Waals surface area contributed by atoms with E-state index in [2.05, 4.69) is 4.98 Å². The van der Waals surface area contributed by atoms with E-state index in [1.54, 1.807) is 11.2 Å². The molecule has 4 heteroatoms. The molecule has 0 saturated carbocycles. The van der Waals surface area contributed by atoms with Crippen molar-refractivity contribution in [3.8, 4) is 0 Å². The van der Waals surface area contributed by atoms with Gasteiger partial charge in [-0.3, -0.25) is 10.8 Å². The summed E-state index contributed by atoms with van der Waals surface area (Å²) in [5, 5.41) is 1.72. The predicted octanol–water partition coefficient (Wildman–Crippen LogP) is -0.147. The van der Waals surface area contributed by atoms with Crippen LogP contribution in [0.25, 0.3) is 0 Å². The lowest BCUT2D eigenvalue weighted by Gasteiger charge is -2.02. The molecule has 1 aromatic rings. The Morgan fingerprint density at radius 1 is 1.45 bits per heavy atom. The fourth-order valence-electron chi connectivity index (χ4n) is 1.30. The first-order valence-corrected chi connectivity index (χ1v) is 3.48. The molecule has 0 fully saturated rings. The Morgan fingerprint density at radius 2 is 2.27 bits per heavy atom. The van der Waals surface area contributed by atoms with Crippen molar-refractivity contribution >= 4 is 5.69 Å². The molecule has 11 heavy (non-hydrogen) atoms. The topological polar surface area (TPSA) is 68.2 Å². The number of hydrogen-bond acceptors (Lipinski definition) is 4. The van der Waals surface area contributed by atoms with Crippen molar-refractivity contribution < 1.29 is 0 Å². The summed E-state index contributed by atoms with van der Waals surface area (Å²) in [5.74, 6) is 5.59. The molecule has 0 atom stereocenters. The molecule has 2 rings (SSSR count). The highest BCUT2D eigenvalue weighted by atomic mass is 15.4. The number of fused-ring (bicyclic) bond motifs is 1. The minimum atomic E-state index is 0.707. The lowest BCUT2D eigenvalue weighted by Crippen LogP contribution is -2.23. The van der Waals surface area contributed by atoms with Crippen LogP contribution in [0.4, 0.5) is 5.69 Å². The smallest absolute Gasteiger partial charge is 0.0605 e. The largest absolute Gasteiger partial charge is 0.397 e. The second kappa shape index (κ2) is 2.18. The highest BCUT2D eigenvalue weighted by Crippen LogP contribution is 2.19. The van der Waals surface area contributed by atoms with Crippen LogP contribution in [0.3, 0.4) is 0 Å². The molecule has 2 heterocycles. The van der Waals surface area contributed by atoms with E-state index in [0.717, 1.165) is 24.3 Å². The molecule has 1 aliphatic rings. The van der Waals surface area contributed by atoms with Gasteiger partial charge < -0.3 is 5.73 Å². The van der Waals surface area contributed by atoms with Gasteiger partial charge in [0.05, 0.1) is 24.1 Å². The third-order valence-electron chi connectivity index (χ3n) is 1.81. The third kappa shape index (κ3) is 1.06. The molecule has 0 unspecified atom stereocenters. The lowest BCUT2D eigenvalue weighted by atomic mass is 10.2. The van der Waals surface area contributed by atoms with E-state index < -0.39 is 0 Å². The van der Waals surface area contributed by atoms with Crippen LogP contribution < -0.4 is 11.6 Å². The quantitative estimate of drug-likeness (QED) is 0.505. The molecular formula is C7H10N4. The summed E-state index contributed by atoms with van der Waals surface area (Å²) in [6, 6.07) is 1.93. The monoisotopic (exact) mass is 150 g/mol. The van der Waals surface area contributed by atoms with E-state index in [-0.39, 0.29) is 0 Å². The van der Waals surface area contributed by atoms with Gasteiger partial charge in [-0.05, 0) is 11.6 Å². The van der Waals surface area contributed by atoms with Gasteiger partial charge in [-0.15, -0.1) is 0 Å². The van der Waals surface area contributed by atoms with E-state index in [0.29, 0.717) is 5.69 Å². The van der Waals surface area contributed by atoms with Gasteiger partial charge in [-0.1, -0.05) is 0 Å². The molecule has 58 valence electrons. The zero-order chi connectivity index (χ0) is 7.84. The number of nitrogens with two attached hydrogens (primary N) is 2. The van der Waals surface area contributed by atoms with E-state index >= 15 is 0 Å². The van der Waals surface area contributed by atoms with Gasteiger partial charge in [0.2, 0.25) is 0 Å². The first-order valence-electron chi connectivity index (χ1n) is 3.48. The Balaban J connectivity index is 2.43. The summed E-state index contributed by atoms with van der Waals surface area (Å²) in [7, 11) is 0. The van der Waals surface area contributed by atoms with Crippen molar-refractivity contribution in [3.05, 3.63) is 23.5 Å². The van der Waals surface area contributed by atoms with Gasteiger partial charge in [0.15, 0.2) is 0 Å². The lowest BCUT2D eigenvalue weighted by molar-refractivity contribution is 0.294. The zero-order valence-corrected chi connectivity index (χ0v) is 6.12. The van der Waals surface area contributed by atoms with Crippen LogP contribution in [0.15, 0.2) is 12.3 Å². The van der Waals surface area contributed by atoms with Crippen molar-refractivity contribution in [2.75, 3.05) is 5.73 Å². The normalized spacial score (nSPS) is 16.8. The van der Waals surface area contributed by atoms with Gasteiger partial charge in [-0.2, -0.15) is 0 Å². The molecule has 1 aliphatic heterocycles. The summed E-state index contributed by atoms with van der Waals surface area (Å²) < 4.78 is 0. The molecule has 0 aliphatic carbocycles. The van der Waals surface area contributed by atoms with E-state index in [9.17, 15) is 0 Å². The fraction of sp³-hybridized carbons (Fsp3) is 0.286. The Hall–Kier alpha value is -1.13. The van der Waals surface area contributed by atoms with Gasteiger partial charge in [-0.25, -0.2) is 5.01 Å². The summed E-state index contributed by atoms with van der Waals surface area (Å²) >= 11 is 0. The number of anilines is 1. The van der Waals surface area contributed by atoms with Crippen molar-refractivity contribution in [3.63, 3.8) is 0 Å². The first kappa shape index (κ1) is 6.57. The van der Waals surface area contributed by atoms with Crippen LogP contribution in [0.1, 0.15) is 11.3 Å². The maximum atomic E-state index is 5.59. The molecule has 0 saturated heterocycles. The summed E-state index contributed by atoms with van der Waals surface area (Å²) in [4.78, 5) is 4.16. The van der Waals surface area contributed by atoms with Crippen LogP contribution in [-0.4, -0.2) is 9.99 Å². The molecule has 1 aromatic heterocycles. The van der Waals surface area contributed by atoms with E-state index in [1.165, 1.54) is 0 Å². The molecule has 0 amide bonds. The average molecular weight is 150 g/mol. The number of rotatable bonds is 0. The maximum Gasteiger partial charge on any atom is 0.0605 e. The number of pyridine rings is 1. The van der Waals surface area contributed by atoms with Gasteiger partial charge in [0.1, 0.15) is 0 Å². The van der Waals surface area contributed by atoms with Gasteiger partial charge in [0, 0.05) is 6.54 Å². The molecule has 4 N–H and O–H groups in total. The minimum absolute atomic E-state index is 0.707.